The van der Waals surface area contributed by atoms with Gasteiger partial charge < -0.3 is 10.4 Å². The van der Waals surface area contributed by atoms with Crippen LogP contribution in [0.3, 0.4) is 0 Å². The minimum absolute atomic E-state index is 0. The smallest absolute Gasteiger partial charge is 0.658 e. The summed E-state index contributed by atoms with van der Waals surface area (Å²) in [6.45, 7) is 8.39. The summed E-state index contributed by atoms with van der Waals surface area (Å²) < 4.78 is 21.2. The second-order valence-corrected chi connectivity index (χ2v) is 7.18. The molecule has 0 bridgehead atoms. The van der Waals surface area contributed by atoms with Crippen molar-refractivity contribution in [2.75, 3.05) is 0 Å². The number of aromatic carboxylic acids is 1. The number of nitrogens with zero attached hydrogens (tertiary/aromatic N) is 1. The summed E-state index contributed by atoms with van der Waals surface area (Å²) in [5, 5.41) is 17.5. The standard InChI is InChI=1S/C6H14N.C5H5NO4S2.Li/c1-5(2)7-6(3)4;6-12(9,10)4-2-1-3(11-4)5(7)8;/h5-6H,1-4H3;1-2H,(H,7,8)(H2,6,9,10);/q-1;;+1. The van der Waals surface area contributed by atoms with Gasteiger partial charge in [-0.3, -0.25) is 0 Å². The molecule has 3 N–H and O–H groups in total. The number of rotatable bonds is 4. The van der Waals surface area contributed by atoms with Crippen molar-refractivity contribution in [1.29, 1.82) is 0 Å². The normalized spacial score (nSPS) is 10.8. The van der Waals surface area contributed by atoms with Crippen molar-refractivity contribution < 1.29 is 37.2 Å². The van der Waals surface area contributed by atoms with Crippen LogP contribution in [0, 0.1) is 0 Å². The first-order valence-electron chi connectivity index (χ1n) is 5.60. The van der Waals surface area contributed by atoms with Crippen LogP contribution in [0.2, 0.25) is 0 Å². The number of primary sulfonamides is 1. The Morgan fingerprint density at radius 2 is 1.70 bits per heavy atom. The Hall–Kier alpha value is -0.363. The first-order valence-corrected chi connectivity index (χ1v) is 7.96. The van der Waals surface area contributed by atoms with E-state index >= 15 is 0 Å². The fraction of sp³-hybridized carbons (Fsp3) is 0.545. The van der Waals surface area contributed by atoms with E-state index in [0.717, 1.165) is 0 Å². The van der Waals surface area contributed by atoms with Gasteiger partial charge in [0.05, 0.1) is 0 Å². The van der Waals surface area contributed by atoms with Gasteiger partial charge in [-0.2, -0.15) is 0 Å². The van der Waals surface area contributed by atoms with Crippen molar-refractivity contribution in [3.63, 3.8) is 0 Å². The summed E-state index contributed by atoms with van der Waals surface area (Å²) in [4.78, 5) is 10.3. The van der Waals surface area contributed by atoms with E-state index in [4.69, 9.17) is 10.2 Å². The van der Waals surface area contributed by atoms with Gasteiger partial charge in [0.2, 0.25) is 10.0 Å². The Morgan fingerprint density at radius 1 is 1.25 bits per heavy atom. The van der Waals surface area contributed by atoms with Crippen LogP contribution in [-0.4, -0.2) is 31.6 Å². The van der Waals surface area contributed by atoms with Crippen LogP contribution >= 0.6 is 11.3 Å². The maximum atomic E-state index is 10.7. The molecule has 0 fully saturated rings. The van der Waals surface area contributed by atoms with E-state index in [9.17, 15) is 13.2 Å². The zero-order chi connectivity index (χ0) is 15.2. The summed E-state index contributed by atoms with van der Waals surface area (Å²) >= 11 is 0.635. The summed E-state index contributed by atoms with van der Waals surface area (Å²) in [5.41, 5.74) is 0. The number of thiophene rings is 1. The Morgan fingerprint density at radius 3 is 1.85 bits per heavy atom. The second-order valence-electron chi connectivity index (χ2n) is 4.31. The SMILES string of the molecule is CC(C)[N-]C(C)C.NS(=O)(=O)c1ccc(C(=O)O)s1.[Li+]. The molecule has 110 valence electrons. The molecular formula is C11H19LiN2O4S2. The maximum absolute atomic E-state index is 10.7. The van der Waals surface area contributed by atoms with Crippen LogP contribution in [0.15, 0.2) is 16.3 Å². The Kier molecular flexibility index (Phi) is 10.5. The molecule has 20 heavy (non-hydrogen) atoms. The number of hydrogen-bond acceptors (Lipinski definition) is 4. The van der Waals surface area contributed by atoms with Crippen LogP contribution < -0.4 is 24.0 Å². The quantitative estimate of drug-likeness (QED) is 0.714. The molecule has 6 nitrogen and oxygen atoms in total. The summed E-state index contributed by atoms with van der Waals surface area (Å²) in [6.07, 6.45) is 0. The van der Waals surface area contributed by atoms with Crippen LogP contribution in [0.1, 0.15) is 37.4 Å². The van der Waals surface area contributed by atoms with Crippen molar-refractivity contribution >= 4 is 27.3 Å². The molecule has 0 saturated carbocycles. The average molecular weight is 314 g/mol. The molecule has 0 spiro atoms. The van der Waals surface area contributed by atoms with Crippen molar-refractivity contribution in [2.24, 2.45) is 5.14 Å². The number of sulfonamides is 1. The molecule has 1 aromatic rings. The number of hydrogen-bond donors (Lipinski definition) is 2. The Bertz CT molecular complexity index is 506. The molecule has 0 aliphatic carbocycles. The second kappa shape index (κ2) is 9.55. The topological polar surface area (TPSA) is 112 Å². The van der Waals surface area contributed by atoms with E-state index in [1.807, 2.05) is 0 Å². The monoisotopic (exact) mass is 314 g/mol. The molecule has 0 aliphatic rings. The predicted octanol–water partition coefficient (Wildman–Crippen LogP) is -0.725. The van der Waals surface area contributed by atoms with Gasteiger partial charge in [0.1, 0.15) is 9.09 Å². The number of carbonyl (C=O) groups is 1. The molecule has 1 heterocycles. The van der Waals surface area contributed by atoms with E-state index < -0.39 is 16.0 Å². The third-order valence-electron chi connectivity index (χ3n) is 1.67. The van der Waals surface area contributed by atoms with Gasteiger partial charge in [0, 0.05) is 0 Å². The van der Waals surface area contributed by atoms with Gasteiger partial charge in [-0.25, -0.2) is 18.4 Å². The van der Waals surface area contributed by atoms with E-state index in [-0.39, 0.29) is 27.9 Å². The molecule has 0 unspecified atom stereocenters. The zero-order valence-electron chi connectivity index (χ0n) is 12.3. The van der Waals surface area contributed by atoms with Crippen LogP contribution in [-0.2, 0) is 10.0 Å². The van der Waals surface area contributed by atoms with Crippen LogP contribution in [0.5, 0.6) is 0 Å². The molecular weight excluding hydrogens is 295 g/mol. The van der Waals surface area contributed by atoms with Crippen LogP contribution in [0.4, 0.5) is 0 Å². The van der Waals surface area contributed by atoms with E-state index in [0.29, 0.717) is 23.4 Å². The Balaban J connectivity index is 0. The van der Waals surface area contributed by atoms with Crippen molar-refractivity contribution in [3.8, 4) is 0 Å². The van der Waals surface area contributed by atoms with E-state index in [2.05, 4.69) is 33.0 Å². The van der Waals surface area contributed by atoms with Crippen molar-refractivity contribution in [3.05, 3.63) is 22.3 Å². The summed E-state index contributed by atoms with van der Waals surface area (Å²) in [7, 11) is -3.76. The third-order valence-corrected chi connectivity index (χ3v) is 4.18. The molecule has 0 aromatic carbocycles. The van der Waals surface area contributed by atoms with Crippen molar-refractivity contribution in [1.82, 2.24) is 0 Å². The molecule has 0 aliphatic heterocycles. The van der Waals surface area contributed by atoms with Gasteiger partial charge in [0.15, 0.2) is 0 Å². The maximum Gasteiger partial charge on any atom is 1.00 e. The fourth-order valence-corrected chi connectivity index (χ4v) is 2.75. The van der Waals surface area contributed by atoms with Gasteiger partial charge >= 0.3 is 24.8 Å². The molecule has 0 radical (unpaired) electrons. The van der Waals surface area contributed by atoms with Crippen LogP contribution in [0.25, 0.3) is 5.32 Å². The minimum atomic E-state index is -3.76. The molecule has 0 atom stereocenters. The Labute approximate surface area is 136 Å². The average Bonchev–Trinajstić information content (AvgIpc) is 2.63. The van der Waals surface area contributed by atoms with Gasteiger partial charge in [0.25, 0.3) is 0 Å². The fourth-order valence-electron chi connectivity index (χ4n) is 1.18. The largest absolute Gasteiger partial charge is 1.00 e. The predicted molar refractivity (Wildman–Crippen MR) is 76.3 cm³/mol. The summed E-state index contributed by atoms with van der Waals surface area (Å²) in [5.74, 6) is -1.16. The number of nitrogens with two attached hydrogens (primary N) is 1. The minimum Gasteiger partial charge on any atom is -0.658 e. The van der Waals surface area contributed by atoms with E-state index in [1.165, 1.54) is 12.1 Å². The number of carboxylic acid groups (broad SMARTS) is 1. The molecule has 0 saturated heterocycles. The first-order chi connectivity index (χ1) is 8.54. The first kappa shape index (κ1) is 21.9. The van der Waals surface area contributed by atoms with Crippen molar-refractivity contribution in [2.45, 2.75) is 44.0 Å². The molecule has 9 heteroatoms. The molecule has 1 rings (SSSR count). The summed E-state index contributed by atoms with van der Waals surface area (Å²) in [6, 6.07) is 3.37. The van der Waals surface area contributed by atoms with Gasteiger partial charge in [-0.05, 0) is 12.1 Å². The zero-order valence-corrected chi connectivity index (χ0v) is 14.0. The number of carboxylic acids is 1. The van der Waals surface area contributed by atoms with Gasteiger partial charge in [-0.1, -0.05) is 27.7 Å². The molecule has 0 amide bonds. The molecule has 1 aromatic heterocycles. The van der Waals surface area contributed by atoms with E-state index in [1.54, 1.807) is 0 Å². The third kappa shape index (κ3) is 9.53. The van der Waals surface area contributed by atoms with Gasteiger partial charge in [-0.15, -0.1) is 23.4 Å².